The molecule has 0 radical (unpaired) electrons. The van der Waals surface area contributed by atoms with E-state index in [-0.39, 0.29) is 235 Å². The second-order valence-corrected chi connectivity index (χ2v) is 18.5. The van der Waals surface area contributed by atoms with E-state index in [1.165, 1.54) is 24.3 Å². The number of anilines is 1. The van der Waals surface area contributed by atoms with Gasteiger partial charge in [0.15, 0.2) is 5.75 Å². The Bertz CT molecular complexity index is 3920. The Labute approximate surface area is 588 Å². The predicted octanol–water partition coefficient (Wildman–Crippen LogP) is -18.7. The van der Waals surface area contributed by atoms with Crippen LogP contribution in [-0.4, -0.2) is 100.0 Å². The van der Waals surface area contributed by atoms with Gasteiger partial charge in [-0.05, 0) is 40.5 Å². The zero-order valence-electron chi connectivity index (χ0n) is 39.5. The third-order valence-corrected chi connectivity index (χ3v) is 11.1. The first-order valence-corrected chi connectivity index (χ1v) is 25.1. The molecule has 0 unspecified atom stereocenters. The number of nitrogens with zero attached hydrogens (tertiary/aromatic N) is 6. The van der Waals surface area contributed by atoms with Crippen LogP contribution >= 0.6 is 0 Å². The van der Waals surface area contributed by atoms with Crippen LogP contribution in [0.4, 0.5) is 39.8 Å². The van der Waals surface area contributed by atoms with Crippen LogP contribution in [0.5, 0.6) is 11.5 Å². The van der Waals surface area contributed by atoms with Crippen molar-refractivity contribution in [3.05, 3.63) is 91.0 Å². The molecule has 0 aliphatic rings. The number of azo groups is 3. The van der Waals surface area contributed by atoms with Gasteiger partial charge >= 0.3 is 239 Å². The minimum atomic E-state index is -5.65. The Balaban J connectivity index is -0.000000802. The van der Waals surface area contributed by atoms with E-state index in [0.29, 0.717) is 18.2 Å². The van der Waals surface area contributed by atoms with Gasteiger partial charge in [-0.25, -0.2) is 38.8 Å². The van der Waals surface area contributed by atoms with Gasteiger partial charge in [-0.15, -0.1) is 66.3 Å². The molecule has 30 nitrogen and oxygen atoms in total. The van der Waals surface area contributed by atoms with Crippen LogP contribution < -0.4 is 213 Å². The van der Waals surface area contributed by atoms with Gasteiger partial charge in [-0.1, -0.05) is 15.7 Å². The summed E-state index contributed by atoms with van der Waals surface area (Å²) in [5.74, 6) is -1.77. The van der Waals surface area contributed by atoms with Crippen LogP contribution in [-0.2, 0) is 72.3 Å². The van der Waals surface area contributed by atoms with Crippen molar-refractivity contribution < 1.29 is 307 Å². The number of phenolic OH excluding ortho intramolecular Hbond substituents is 2. The normalized spacial score (nSPS) is 10.8. The summed E-state index contributed by atoms with van der Waals surface area (Å²) in [6.07, 6.45) is 0. The molecule has 6 rings (SSSR count). The van der Waals surface area contributed by atoms with Gasteiger partial charge in [0.1, 0.15) is 51.8 Å². The number of hydrogen-bond donors (Lipinski definition) is 3. The fraction of sp³-hybridized carbons (Fsp3) is 0. The molecular formula is C32H16N7Na7O23S7. The topological polar surface area (TPSA) is 523 Å². The molecule has 0 aliphatic heterocycles. The van der Waals surface area contributed by atoms with Crippen LogP contribution in [0.2, 0.25) is 0 Å². The molecular weight excluding hydrogens is 1240 g/mol. The largest absolute Gasteiger partial charge is 1.00 e. The summed E-state index contributed by atoms with van der Waals surface area (Å²) >= 11 is 0. The van der Waals surface area contributed by atoms with Crippen molar-refractivity contribution >= 4 is 134 Å². The van der Waals surface area contributed by atoms with Gasteiger partial charge in [0.2, 0.25) is 0 Å². The quantitative estimate of drug-likeness (QED) is 0.0377. The number of fused-ring (bicyclic) bond motifs is 2. The molecule has 44 heteroatoms. The van der Waals surface area contributed by atoms with E-state index in [1.54, 1.807) is 0 Å². The van der Waals surface area contributed by atoms with E-state index >= 15 is 0 Å². The number of rotatable bonds is 10. The van der Waals surface area contributed by atoms with E-state index in [0.717, 1.165) is 30.3 Å². The van der Waals surface area contributed by atoms with Gasteiger partial charge in [0.05, 0.1) is 26.6 Å². The van der Waals surface area contributed by atoms with E-state index in [1.807, 2.05) is 0 Å². The molecule has 0 atom stereocenters. The Morgan fingerprint density at radius 2 is 0.934 bits per heavy atom. The first-order chi connectivity index (χ1) is 31.7. The Morgan fingerprint density at radius 3 is 1.43 bits per heavy atom. The van der Waals surface area contributed by atoms with Crippen molar-refractivity contribution in [1.29, 1.82) is 0 Å². The number of phenols is 2. The summed E-state index contributed by atoms with van der Waals surface area (Å²) in [4.78, 5) is -4.11. The summed E-state index contributed by atoms with van der Waals surface area (Å²) in [6.45, 7) is 0. The van der Waals surface area contributed by atoms with Crippen molar-refractivity contribution in [3.63, 3.8) is 0 Å². The minimum absolute atomic E-state index is 0. The van der Waals surface area contributed by atoms with E-state index in [4.69, 9.17) is 43.6 Å². The van der Waals surface area contributed by atoms with E-state index < -0.39 is 137 Å². The average molecular weight is 1250 g/mol. The number of hydrogen-bond acceptors (Lipinski definition) is 30. The first-order valence-electron chi connectivity index (χ1n) is 16.4. The Hall–Kier alpha value is -0.460. The van der Waals surface area contributed by atoms with Crippen molar-refractivity contribution in [3.8, 4) is 11.5 Å². The molecule has 0 amide bonds. The summed E-state index contributed by atoms with van der Waals surface area (Å²) in [7, 11) is -30.5. The van der Waals surface area contributed by atoms with Crippen LogP contribution in [0.3, 0.4) is 0 Å². The van der Waals surface area contributed by atoms with Crippen LogP contribution in [0, 0.1) is 18.2 Å². The van der Waals surface area contributed by atoms with Crippen molar-refractivity contribution in [2.75, 3.05) is 5.73 Å². The van der Waals surface area contributed by atoms with Crippen LogP contribution in [0.25, 0.3) is 21.5 Å². The van der Waals surface area contributed by atoms with E-state index in [2.05, 4.69) is 48.9 Å². The summed E-state index contributed by atoms with van der Waals surface area (Å²) in [5, 5.41) is 43.1. The SMILES string of the molecule is Nc1c(N=Nc2ccc(N=Nc3c[c-]ccc3S(=O)(=O)[O-])c3c[c-]cc(O)c23)cc(S(=O)(=O)[O-])c2cc(S(=O)(=O)[O-])c(N=Nc3[c-]ccc(S(=O)(=O)[O-])c3)c(O)c12.O=S(=O)=O.O=S(=O)=O.O=S(=O)=O.[Na+].[Na+].[Na+].[Na+].[Na+].[Na+].[Na+]. The molecule has 0 aliphatic carbocycles. The molecule has 0 fully saturated rings. The van der Waals surface area contributed by atoms with Gasteiger partial charge in [-0.2, -0.15) is 63.9 Å². The fourth-order valence-corrected chi connectivity index (χ4v) is 7.61. The van der Waals surface area contributed by atoms with Crippen molar-refractivity contribution in [1.82, 2.24) is 0 Å². The smallest absolute Gasteiger partial charge is 0.746 e. The third kappa shape index (κ3) is 25.8. The summed E-state index contributed by atoms with van der Waals surface area (Å²) in [6, 6.07) is 19.2. The molecule has 0 heterocycles. The summed E-state index contributed by atoms with van der Waals surface area (Å²) < 4.78 is 219. The maximum Gasteiger partial charge on any atom is 1.00 e. The van der Waals surface area contributed by atoms with Crippen molar-refractivity contribution in [2.45, 2.75) is 19.6 Å². The molecule has 0 saturated carbocycles. The molecule has 4 N–H and O–H groups in total. The number of benzene rings is 6. The Morgan fingerprint density at radius 1 is 0.461 bits per heavy atom. The molecule has 6 aromatic carbocycles. The second-order valence-electron chi connectivity index (χ2n) is 11.9. The minimum Gasteiger partial charge on any atom is -0.746 e. The van der Waals surface area contributed by atoms with Gasteiger partial charge < -0.3 is 34.2 Å². The number of nitrogen functional groups attached to an aromatic ring is 1. The molecule has 366 valence electrons. The van der Waals surface area contributed by atoms with Crippen LogP contribution in [0.1, 0.15) is 0 Å². The molecule has 6 aromatic rings. The fourth-order valence-electron chi connectivity index (χ4n) is 5.21. The van der Waals surface area contributed by atoms with Gasteiger partial charge in [-0.3, -0.25) is 0 Å². The summed E-state index contributed by atoms with van der Waals surface area (Å²) in [5.41, 5.74) is 2.77. The average Bonchev–Trinajstić information content (AvgIpc) is 3.20. The van der Waals surface area contributed by atoms with Crippen molar-refractivity contribution in [2.24, 2.45) is 30.7 Å². The monoisotopic (exact) mass is 1250 g/mol. The van der Waals surface area contributed by atoms with Gasteiger partial charge in [0.25, 0.3) is 0 Å². The Kier molecular flexibility index (Phi) is 40.9. The standard InChI is InChI=1S/C32H20N7O14S4.7Na.3O3S/c33-30-23(38-37-22-12-11-20(18-7-4-9-24(40)28(18)22)35-36-21-8-1-2-10-25(21)55(45,46)47)15-26(56(48,49)50)19-14-27(57(51,52)53)31(32(41)29(19)30)39-34-16-5-3-6-17(13-16)54(42,43)44;;;;;;;;3*1-4(2)3/h2-3,6-15,40-41H,33H2,(H,42,43,44)(H,45,46,47)(H,48,49,50)(H,51,52,53);;;;;;;;;;/q-3;7*+1;;;/p-4. The molecule has 76 heavy (non-hydrogen) atoms. The molecule has 0 saturated heterocycles. The maximum atomic E-state index is 12.5. The molecule has 0 spiro atoms. The van der Waals surface area contributed by atoms with Gasteiger partial charge in [0, 0.05) is 16.8 Å². The van der Waals surface area contributed by atoms with E-state index in [9.17, 15) is 62.1 Å². The number of aromatic hydroxyl groups is 2. The zero-order chi connectivity index (χ0) is 52.4. The number of nitrogens with two attached hydrogens (primary N) is 1. The third-order valence-electron chi connectivity index (χ3n) is 7.67. The second kappa shape index (κ2) is 36.9. The zero-order valence-corrected chi connectivity index (χ0v) is 59.2. The first kappa shape index (κ1) is 84.3. The molecule has 0 bridgehead atoms. The van der Waals surface area contributed by atoms with Crippen LogP contribution in [0.15, 0.2) is 123 Å². The predicted molar refractivity (Wildman–Crippen MR) is 219 cm³/mol. The maximum absolute atomic E-state index is 12.5. The molecule has 0 aromatic heterocycles.